The van der Waals surface area contributed by atoms with Gasteiger partial charge in [-0.3, -0.25) is 0 Å². The van der Waals surface area contributed by atoms with Gasteiger partial charge < -0.3 is 35.0 Å². The van der Waals surface area contributed by atoms with E-state index in [9.17, 15) is 10.2 Å². The maximum absolute atomic E-state index is 10.1. The van der Waals surface area contributed by atoms with Crippen LogP contribution in [-0.2, 0) is 17.4 Å². The van der Waals surface area contributed by atoms with E-state index >= 15 is 0 Å². The Hall–Kier alpha value is 0.564. The summed E-state index contributed by atoms with van der Waals surface area (Å²) in [5, 5.41) is 20.2. The number of hydrogen-bond acceptors (Lipinski definition) is 2. The summed E-state index contributed by atoms with van der Waals surface area (Å²) >= 11 is 2.54. The quantitative estimate of drug-likeness (QED) is 0.450. The predicted octanol–water partition coefficient (Wildman–Crippen LogP) is -4.32. The van der Waals surface area contributed by atoms with Gasteiger partial charge in [0.05, 0.1) is 0 Å². The molecule has 5 heteroatoms. The van der Waals surface area contributed by atoms with Gasteiger partial charge in [-0.05, 0) is 0 Å². The van der Waals surface area contributed by atoms with Crippen molar-refractivity contribution in [2.24, 2.45) is 0 Å². The molecule has 0 radical (unpaired) electrons. The molecular weight excluding hydrogens is 310 g/mol. The minimum atomic E-state index is -0.750. The van der Waals surface area contributed by atoms with Crippen LogP contribution < -0.4 is 35.0 Å². The topological polar surface area (TPSA) is 46.1 Å². The molecule has 2 nitrogen and oxygen atoms in total. The van der Waals surface area contributed by atoms with Gasteiger partial charge in [-0.2, -0.15) is 0 Å². The Morgan fingerprint density at radius 1 is 0.944 bits per heavy atom. The minimum absolute atomic E-state index is 0. The van der Waals surface area contributed by atoms with E-state index in [1.165, 1.54) is 4.28 Å². The van der Waals surface area contributed by atoms with Crippen LogP contribution in [0.3, 0.4) is 0 Å². The molecule has 0 bridgehead atoms. The maximum atomic E-state index is 10.1. The summed E-state index contributed by atoms with van der Waals surface area (Å²) in [6.07, 6.45) is 7.47. The van der Waals surface area contributed by atoms with Gasteiger partial charge in [0.25, 0.3) is 0 Å². The van der Waals surface area contributed by atoms with E-state index in [-0.39, 0.29) is 24.8 Å². The molecule has 0 heterocycles. The van der Waals surface area contributed by atoms with Gasteiger partial charge >= 0.3 is 46.4 Å². The van der Waals surface area contributed by atoms with Crippen LogP contribution in [0.15, 0.2) is 22.5 Å². The molecule has 0 N–H and O–H groups in total. The Labute approximate surface area is 134 Å². The summed E-state index contributed by atoms with van der Waals surface area (Å²) in [5.41, 5.74) is -1.50. The van der Waals surface area contributed by atoms with E-state index in [0.717, 1.165) is 6.42 Å². The van der Waals surface area contributed by atoms with E-state index < -0.39 is 11.2 Å². The normalized spacial score (nSPS) is 12.9. The number of rotatable bonds is 0. The first-order valence-corrected chi connectivity index (χ1v) is 6.05. The third kappa shape index (κ3) is 70.1. The summed E-state index contributed by atoms with van der Waals surface area (Å²) in [6.45, 7) is 9.79. The van der Waals surface area contributed by atoms with Crippen LogP contribution in [-0.4, -0.2) is 11.2 Å². The van der Waals surface area contributed by atoms with E-state index in [1.807, 2.05) is 0 Å². The molecule has 0 saturated heterocycles. The van der Waals surface area contributed by atoms with Crippen LogP contribution in [0.4, 0.5) is 0 Å². The van der Waals surface area contributed by atoms with Gasteiger partial charge in [-0.15, -0.1) is 11.2 Å². The van der Waals surface area contributed by atoms with E-state index in [2.05, 4.69) is 35.7 Å². The van der Waals surface area contributed by atoms with Crippen LogP contribution >= 0.6 is 0 Å². The third-order valence-electron chi connectivity index (χ3n) is 0.752. The molecule has 0 fully saturated rings. The molecule has 1 aliphatic carbocycles. The first kappa shape index (κ1) is 27.0. The second kappa shape index (κ2) is 12.6. The number of halogens is 2. The Kier molecular flexibility index (Phi) is 18.9. The molecule has 0 spiro atoms. The Balaban J connectivity index is -0.0000000781. The molecule has 0 aromatic carbocycles. The van der Waals surface area contributed by atoms with Gasteiger partial charge in [0.2, 0.25) is 0 Å². The van der Waals surface area contributed by atoms with Crippen molar-refractivity contribution in [2.45, 2.75) is 59.2 Å². The molecule has 0 aromatic rings. The number of allylic oxidation sites excluding steroid dienone is 4. The molecule has 0 saturated carbocycles. The zero-order chi connectivity index (χ0) is 13.4. The van der Waals surface area contributed by atoms with Crippen molar-refractivity contribution >= 4 is 0 Å². The average molecular weight is 333 g/mol. The van der Waals surface area contributed by atoms with Crippen molar-refractivity contribution in [3.63, 3.8) is 0 Å². The standard InChI is InChI=1S/C5H5.2C4H9O.2ClH.V/c1-2-4-5-3-1;2*1-4(2,3)5;;;/h1-3H,4H2;2*1-3H3;2*1H;/q;2*-1;;;+4/p-2. The van der Waals surface area contributed by atoms with Crippen molar-refractivity contribution in [3.05, 3.63) is 22.5 Å². The summed E-state index contributed by atoms with van der Waals surface area (Å²) in [7, 11) is 0. The van der Waals surface area contributed by atoms with Crippen LogP contribution in [0.5, 0.6) is 0 Å². The molecule has 1 rings (SSSR count). The Morgan fingerprint density at radius 2 is 1.22 bits per heavy atom. The van der Waals surface area contributed by atoms with Crippen molar-refractivity contribution in [1.82, 2.24) is 0 Å². The fraction of sp³-hybridized carbons (Fsp3) is 0.692. The van der Waals surface area contributed by atoms with E-state index in [1.54, 1.807) is 41.5 Å². The SMILES string of the molecule is CC(C)(C)[O-].CC(C)(C)[O-].[Cl-].[Cl-].[V+4][C]1=CC=CC1. The van der Waals surface area contributed by atoms with Gasteiger partial charge in [0.1, 0.15) is 0 Å². The molecule has 106 valence electrons. The Bertz CT molecular complexity index is 214. The van der Waals surface area contributed by atoms with Gasteiger partial charge in [0, 0.05) is 0 Å². The molecule has 0 atom stereocenters. The Morgan fingerprint density at radius 3 is 1.28 bits per heavy atom. The fourth-order valence-electron chi connectivity index (χ4n) is 0.436. The number of hydrogen-bond donors (Lipinski definition) is 0. The second-order valence-electron chi connectivity index (χ2n) is 5.52. The summed E-state index contributed by atoms with van der Waals surface area (Å²) in [4.78, 5) is 0. The average Bonchev–Trinajstić information content (AvgIpc) is 2.30. The molecule has 0 aliphatic heterocycles. The third-order valence-corrected chi connectivity index (χ3v) is 1.27. The molecule has 18 heavy (non-hydrogen) atoms. The zero-order valence-electron chi connectivity index (χ0n) is 12.0. The van der Waals surface area contributed by atoms with Gasteiger partial charge in [-0.25, -0.2) is 0 Å². The van der Waals surface area contributed by atoms with Gasteiger partial charge in [-0.1, -0.05) is 41.5 Å². The van der Waals surface area contributed by atoms with Crippen LogP contribution in [0, 0.1) is 0 Å². The zero-order valence-corrected chi connectivity index (χ0v) is 14.9. The molecule has 0 amide bonds. The van der Waals surface area contributed by atoms with Crippen molar-refractivity contribution in [1.29, 1.82) is 0 Å². The van der Waals surface area contributed by atoms with Crippen LogP contribution in [0.25, 0.3) is 0 Å². The predicted molar refractivity (Wildman–Crippen MR) is 61.3 cm³/mol. The summed E-state index contributed by atoms with van der Waals surface area (Å²) < 4.78 is 1.41. The molecule has 0 aromatic heterocycles. The molecule has 0 unspecified atom stereocenters. The van der Waals surface area contributed by atoms with E-state index in [0.29, 0.717) is 0 Å². The monoisotopic (exact) mass is 332 g/mol. The van der Waals surface area contributed by atoms with Crippen molar-refractivity contribution in [3.8, 4) is 0 Å². The summed E-state index contributed by atoms with van der Waals surface area (Å²) in [6, 6.07) is 0. The first-order chi connectivity index (χ1) is 6.89. The van der Waals surface area contributed by atoms with Crippen molar-refractivity contribution < 1.29 is 52.5 Å². The summed E-state index contributed by atoms with van der Waals surface area (Å²) in [5.74, 6) is 0. The second-order valence-corrected chi connectivity index (χ2v) is 6.41. The fourth-order valence-corrected chi connectivity index (χ4v) is 0.735. The van der Waals surface area contributed by atoms with Gasteiger partial charge in [0.15, 0.2) is 0 Å². The van der Waals surface area contributed by atoms with Crippen LogP contribution in [0.2, 0.25) is 0 Å². The van der Waals surface area contributed by atoms with Crippen LogP contribution in [0.1, 0.15) is 48.0 Å². The molecule has 1 aliphatic rings. The van der Waals surface area contributed by atoms with Crippen molar-refractivity contribution in [2.75, 3.05) is 0 Å². The molecular formula is C13H23Cl2O2V. The van der Waals surface area contributed by atoms with E-state index in [4.69, 9.17) is 0 Å². The first-order valence-electron chi connectivity index (χ1n) is 5.35.